The Morgan fingerprint density at radius 3 is 2.50 bits per heavy atom. The summed E-state index contributed by atoms with van der Waals surface area (Å²) in [5.74, 6) is -0.0177. The molecule has 0 unspecified atom stereocenters. The Kier molecular flexibility index (Phi) is 5.38. The number of pyridine rings is 1. The number of benzene rings is 1. The van der Waals surface area contributed by atoms with E-state index < -0.39 is 5.91 Å². The van der Waals surface area contributed by atoms with Crippen LogP contribution >= 0.6 is 0 Å². The van der Waals surface area contributed by atoms with Gasteiger partial charge >= 0.3 is 0 Å². The summed E-state index contributed by atoms with van der Waals surface area (Å²) in [5.41, 5.74) is 6.67. The van der Waals surface area contributed by atoms with Gasteiger partial charge in [0.15, 0.2) is 5.82 Å². The molecule has 0 atom stereocenters. The Morgan fingerprint density at radius 2 is 1.88 bits per heavy atom. The monoisotopic (exact) mass is 349 g/mol. The molecule has 0 aliphatic heterocycles. The number of hydrogen-bond donors (Lipinski definition) is 1. The minimum Gasteiger partial charge on any atom is -0.370 e. The van der Waals surface area contributed by atoms with E-state index >= 15 is 0 Å². The Bertz CT molecular complexity index is 861. The predicted molar refractivity (Wildman–Crippen MR) is 96.4 cm³/mol. The second-order valence-corrected chi connectivity index (χ2v) is 5.78. The fourth-order valence-corrected chi connectivity index (χ4v) is 2.54. The molecule has 0 aliphatic rings. The lowest BCUT2D eigenvalue weighted by molar-refractivity contribution is -0.118. The highest BCUT2D eigenvalue weighted by Gasteiger charge is 2.17. The van der Waals surface area contributed by atoms with E-state index in [0.29, 0.717) is 17.9 Å². The summed E-state index contributed by atoms with van der Waals surface area (Å²) in [5, 5.41) is 4.11. The van der Waals surface area contributed by atoms with Crippen LogP contribution in [0.4, 0.5) is 0 Å². The molecule has 0 fully saturated rings. The zero-order valence-corrected chi connectivity index (χ0v) is 14.2. The summed E-state index contributed by atoms with van der Waals surface area (Å²) in [6.07, 6.45) is 5.06. The smallest absolute Gasteiger partial charge is 0.255 e. The van der Waals surface area contributed by atoms with E-state index in [4.69, 9.17) is 5.73 Å². The van der Waals surface area contributed by atoms with Crippen LogP contribution in [0.5, 0.6) is 0 Å². The van der Waals surface area contributed by atoms with Crippen molar-refractivity contribution in [3.05, 3.63) is 78.2 Å². The molecule has 3 aromatic rings. The summed E-state index contributed by atoms with van der Waals surface area (Å²) < 4.78 is 1.61. The van der Waals surface area contributed by atoms with Crippen molar-refractivity contribution in [1.82, 2.24) is 19.7 Å². The van der Waals surface area contributed by atoms with Crippen LogP contribution in [0.15, 0.2) is 67.1 Å². The maximum Gasteiger partial charge on any atom is 0.255 e. The molecule has 2 heterocycles. The van der Waals surface area contributed by atoms with Crippen LogP contribution in [0.1, 0.15) is 22.3 Å². The summed E-state index contributed by atoms with van der Waals surface area (Å²) in [4.78, 5) is 29.9. The molecule has 2 amide bonds. The van der Waals surface area contributed by atoms with Crippen LogP contribution in [0, 0.1) is 0 Å². The molecule has 3 rings (SSSR count). The molecule has 0 bridgehead atoms. The van der Waals surface area contributed by atoms with Gasteiger partial charge < -0.3 is 10.6 Å². The van der Waals surface area contributed by atoms with Gasteiger partial charge in [-0.15, -0.1) is 0 Å². The van der Waals surface area contributed by atoms with Gasteiger partial charge in [-0.2, -0.15) is 5.10 Å². The van der Waals surface area contributed by atoms with Gasteiger partial charge in [-0.05, 0) is 23.8 Å². The highest BCUT2D eigenvalue weighted by Crippen LogP contribution is 2.12. The lowest BCUT2D eigenvalue weighted by Crippen LogP contribution is -2.33. The molecule has 0 saturated heterocycles. The van der Waals surface area contributed by atoms with Gasteiger partial charge in [0.1, 0.15) is 0 Å². The second-order valence-electron chi connectivity index (χ2n) is 5.78. The third kappa shape index (κ3) is 4.32. The van der Waals surface area contributed by atoms with Crippen LogP contribution in [0.25, 0.3) is 5.82 Å². The van der Waals surface area contributed by atoms with Crippen molar-refractivity contribution in [3.8, 4) is 5.82 Å². The van der Waals surface area contributed by atoms with E-state index in [1.54, 1.807) is 40.2 Å². The van der Waals surface area contributed by atoms with Gasteiger partial charge in [-0.1, -0.05) is 30.3 Å². The zero-order valence-electron chi connectivity index (χ0n) is 14.2. The summed E-state index contributed by atoms with van der Waals surface area (Å²) in [6.45, 7) is 0.651. The summed E-state index contributed by atoms with van der Waals surface area (Å²) >= 11 is 0. The zero-order chi connectivity index (χ0) is 18.4. The van der Waals surface area contributed by atoms with Crippen LogP contribution in [0.3, 0.4) is 0 Å². The second kappa shape index (κ2) is 8.06. The lowest BCUT2D eigenvalue weighted by atomic mass is 10.1. The first-order valence-corrected chi connectivity index (χ1v) is 8.21. The van der Waals surface area contributed by atoms with Gasteiger partial charge in [-0.25, -0.2) is 9.67 Å². The molecule has 7 nitrogen and oxygen atoms in total. The molecule has 26 heavy (non-hydrogen) atoms. The van der Waals surface area contributed by atoms with Gasteiger partial charge in [0.25, 0.3) is 5.91 Å². The number of amides is 2. The highest BCUT2D eigenvalue weighted by atomic mass is 16.2. The quantitative estimate of drug-likeness (QED) is 0.703. The number of carbonyl (C=O) groups excluding carboxylic acids is 2. The van der Waals surface area contributed by atoms with E-state index in [9.17, 15) is 9.59 Å². The van der Waals surface area contributed by atoms with Crippen molar-refractivity contribution in [3.63, 3.8) is 0 Å². The van der Waals surface area contributed by atoms with Gasteiger partial charge in [0.05, 0.1) is 5.56 Å². The highest BCUT2D eigenvalue weighted by molar-refractivity contribution is 5.94. The molecule has 1 aromatic carbocycles. The van der Waals surface area contributed by atoms with Crippen molar-refractivity contribution in [1.29, 1.82) is 0 Å². The molecule has 7 heteroatoms. The maximum atomic E-state index is 12.9. The average Bonchev–Trinajstić information content (AvgIpc) is 3.20. The minimum atomic E-state index is -0.442. The number of hydrogen-bond acceptors (Lipinski definition) is 4. The molecule has 0 aliphatic carbocycles. The number of primary amides is 1. The van der Waals surface area contributed by atoms with Crippen LogP contribution in [-0.4, -0.2) is 38.0 Å². The number of nitrogens with two attached hydrogens (primary N) is 1. The molecular formula is C19H19N5O2. The van der Waals surface area contributed by atoms with Gasteiger partial charge in [0.2, 0.25) is 5.91 Å². The fraction of sp³-hybridized carbons (Fsp3) is 0.158. The molecule has 132 valence electrons. The predicted octanol–water partition coefficient (Wildman–Crippen LogP) is 1.79. The molecule has 0 spiro atoms. The number of aromatic nitrogens is 3. The first-order chi connectivity index (χ1) is 12.6. The van der Waals surface area contributed by atoms with Crippen LogP contribution in [0.2, 0.25) is 0 Å². The topological polar surface area (TPSA) is 94.1 Å². The normalized spacial score (nSPS) is 10.5. The summed E-state index contributed by atoms with van der Waals surface area (Å²) in [7, 11) is 0. The average molecular weight is 349 g/mol. The first kappa shape index (κ1) is 17.3. The molecule has 2 aromatic heterocycles. The standard InChI is InChI=1S/C19H19N5O2/c20-17(25)9-12-23(14-15-5-2-1-3-6-15)19(26)16-7-8-18(21-13-16)24-11-4-10-22-24/h1-8,10-11,13H,9,12,14H2,(H2,20,25). The molecular weight excluding hydrogens is 330 g/mol. The SMILES string of the molecule is NC(=O)CCN(Cc1ccccc1)C(=O)c1ccc(-n2cccn2)nc1. The third-order valence-electron chi connectivity index (χ3n) is 3.87. The Labute approximate surface area is 151 Å². The van der Waals surface area contributed by atoms with Crippen molar-refractivity contribution < 1.29 is 9.59 Å². The van der Waals surface area contributed by atoms with Crippen molar-refractivity contribution >= 4 is 11.8 Å². The number of carbonyl (C=O) groups is 2. The van der Waals surface area contributed by atoms with Gasteiger partial charge in [-0.3, -0.25) is 9.59 Å². The van der Waals surface area contributed by atoms with Crippen molar-refractivity contribution in [2.45, 2.75) is 13.0 Å². The molecule has 0 radical (unpaired) electrons. The number of rotatable bonds is 7. The largest absolute Gasteiger partial charge is 0.370 e. The van der Waals surface area contributed by atoms with E-state index in [-0.39, 0.29) is 18.9 Å². The Morgan fingerprint density at radius 1 is 1.08 bits per heavy atom. The lowest BCUT2D eigenvalue weighted by Gasteiger charge is -2.22. The van der Waals surface area contributed by atoms with Crippen LogP contribution < -0.4 is 5.73 Å². The van der Waals surface area contributed by atoms with Crippen molar-refractivity contribution in [2.24, 2.45) is 5.73 Å². The molecule has 0 saturated carbocycles. The molecule has 2 N–H and O–H groups in total. The summed E-state index contributed by atoms with van der Waals surface area (Å²) in [6, 6.07) is 14.8. The third-order valence-corrected chi connectivity index (χ3v) is 3.87. The Balaban J connectivity index is 1.78. The van der Waals surface area contributed by atoms with E-state index in [2.05, 4.69) is 10.1 Å². The first-order valence-electron chi connectivity index (χ1n) is 8.21. The van der Waals surface area contributed by atoms with E-state index in [0.717, 1.165) is 5.56 Å². The Hall–Kier alpha value is -3.48. The van der Waals surface area contributed by atoms with E-state index in [1.165, 1.54) is 6.20 Å². The number of nitrogens with zero attached hydrogens (tertiary/aromatic N) is 4. The minimum absolute atomic E-state index is 0.109. The van der Waals surface area contributed by atoms with Gasteiger partial charge in [0, 0.05) is 38.1 Å². The fourth-order valence-electron chi connectivity index (χ4n) is 2.54. The van der Waals surface area contributed by atoms with Crippen LogP contribution in [-0.2, 0) is 11.3 Å². The maximum absolute atomic E-state index is 12.9. The van der Waals surface area contributed by atoms with Crippen molar-refractivity contribution in [2.75, 3.05) is 6.54 Å². The van der Waals surface area contributed by atoms with E-state index in [1.807, 2.05) is 30.3 Å².